The molecular formula is C15H12BrClFIO2. The summed E-state index contributed by atoms with van der Waals surface area (Å²) in [5.74, 6) is 0.351. The van der Waals surface area contributed by atoms with E-state index in [1.165, 1.54) is 20.3 Å². The Hall–Kier alpha value is -0.530. The van der Waals surface area contributed by atoms with Crippen LogP contribution >= 0.6 is 50.1 Å². The van der Waals surface area contributed by atoms with Gasteiger partial charge in [-0.2, -0.15) is 0 Å². The van der Waals surface area contributed by atoms with E-state index in [1.807, 2.05) is 18.2 Å². The van der Waals surface area contributed by atoms with E-state index in [9.17, 15) is 4.39 Å². The minimum absolute atomic E-state index is 0.337. The number of benzene rings is 2. The summed E-state index contributed by atoms with van der Waals surface area (Å²) in [6.45, 7) is 0. The Morgan fingerprint density at radius 3 is 2.33 bits per heavy atom. The van der Waals surface area contributed by atoms with Crippen molar-refractivity contribution in [3.63, 3.8) is 0 Å². The Labute approximate surface area is 149 Å². The highest BCUT2D eigenvalue weighted by molar-refractivity contribution is 14.1. The normalized spacial score (nSPS) is 12.1. The number of rotatable bonds is 4. The molecule has 0 aliphatic heterocycles. The van der Waals surface area contributed by atoms with Crippen LogP contribution in [0, 0.1) is 9.39 Å². The minimum atomic E-state index is -0.631. The summed E-state index contributed by atoms with van der Waals surface area (Å²) >= 11 is 12.1. The second-order valence-electron chi connectivity index (χ2n) is 4.26. The van der Waals surface area contributed by atoms with E-state index < -0.39 is 11.2 Å². The maximum Gasteiger partial charge on any atom is 0.163 e. The molecule has 0 amide bonds. The van der Waals surface area contributed by atoms with Gasteiger partial charge in [0, 0.05) is 19.7 Å². The van der Waals surface area contributed by atoms with Crippen LogP contribution in [0.5, 0.6) is 11.5 Å². The van der Waals surface area contributed by atoms with Crippen LogP contribution < -0.4 is 9.47 Å². The van der Waals surface area contributed by atoms with Gasteiger partial charge < -0.3 is 9.47 Å². The van der Waals surface area contributed by atoms with Crippen LogP contribution in [0.2, 0.25) is 0 Å². The summed E-state index contributed by atoms with van der Waals surface area (Å²) in [6.07, 6.45) is 0. The van der Waals surface area contributed by atoms with Crippen LogP contribution in [0.4, 0.5) is 4.39 Å². The fourth-order valence-corrected chi connectivity index (χ4v) is 3.41. The van der Waals surface area contributed by atoms with Crippen molar-refractivity contribution in [1.29, 1.82) is 0 Å². The Kier molecular flexibility index (Phi) is 5.73. The zero-order chi connectivity index (χ0) is 15.6. The van der Waals surface area contributed by atoms with Crippen LogP contribution in [-0.2, 0) is 0 Å². The minimum Gasteiger partial charge on any atom is -0.493 e. The first-order valence-corrected chi connectivity index (χ1v) is 8.29. The summed E-state index contributed by atoms with van der Waals surface area (Å²) in [4.78, 5) is 0. The highest BCUT2D eigenvalue weighted by atomic mass is 127. The summed E-state index contributed by atoms with van der Waals surface area (Å²) < 4.78 is 26.4. The third-order valence-electron chi connectivity index (χ3n) is 3.01. The molecular weight excluding hydrogens is 473 g/mol. The first kappa shape index (κ1) is 16.8. The molecule has 21 heavy (non-hydrogen) atoms. The van der Waals surface area contributed by atoms with E-state index in [-0.39, 0.29) is 0 Å². The van der Waals surface area contributed by atoms with E-state index >= 15 is 0 Å². The summed E-state index contributed by atoms with van der Waals surface area (Å²) in [5, 5.41) is -0.631. The molecule has 2 aromatic rings. The molecule has 2 rings (SSSR count). The van der Waals surface area contributed by atoms with Crippen LogP contribution in [0.1, 0.15) is 16.5 Å². The van der Waals surface area contributed by atoms with E-state index in [0.29, 0.717) is 17.1 Å². The third kappa shape index (κ3) is 3.63. The third-order valence-corrected chi connectivity index (χ3v) is 4.87. The predicted molar refractivity (Wildman–Crippen MR) is 94.1 cm³/mol. The molecule has 2 nitrogen and oxygen atoms in total. The van der Waals surface area contributed by atoms with Gasteiger partial charge in [0.1, 0.15) is 5.82 Å². The van der Waals surface area contributed by atoms with E-state index in [2.05, 4.69) is 38.5 Å². The van der Waals surface area contributed by atoms with Gasteiger partial charge in [0.05, 0.1) is 19.6 Å². The Morgan fingerprint density at radius 1 is 1.10 bits per heavy atom. The van der Waals surface area contributed by atoms with Crippen LogP contribution in [0.15, 0.2) is 34.8 Å². The molecule has 0 bridgehead atoms. The van der Waals surface area contributed by atoms with Gasteiger partial charge in [-0.05, 0) is 52.4 Å². The molecule has 0 spiro atoms. The molecule has 0 aliphatic carbocycles. The maximum atomic E-state index is 14.3. The lowest BCUT2D eigenvalue weighted by molar-refractivity contribution is 0.351. The second-order valence-corrected chi connectivity index (χ2v) is 6.79. The molecule has 0 radical (unpaired) electrons. The number of methoxy groups -OCH3 is 2. The molecule has 0 heterocycles. The van der Waals surface area contributed by atoms with Gasteiger partial charge in [-0.15, -0.1) is 11.6 Å². The average molecular weight is 486 g/mol. The average Bonchev–Trinajstić information content (AvgIpc) is 2.48. The van der Waals surface area contributed by atoms with Crippen LogP contribution in [0.25, 0.3) is 0 Å². The Balaban J connectivity index is 2.52. The lowest BCUT2D eigenvalue weighted by Crippen LogP contribution is -2.01. The first-order chi connectivity index (χ1) is 9.97. The second kappa shape index (κ2) is 7.15. The lowest BCUT2D eigenvalue weighted by Gasteiger charge is -2.16. The van der Waals surface area contributed by atoms with Crippen molar-refractivity contribution in [3.05, 3.63) is 55.3 Å². The monoisotopic (exact) mass is 484 g/mol. The van der Waals surface area contributed by atoms with Gasteiger partial charge in [-0.25, -0.2) is 4.39 Å². The standard InChI is InChI=1S/C15H12BrClFIO2/c1-20-13-6-10(12(18)7-14(13)21-2)15(17)9-5-8(19)3-4-11(9)16/h3-7,15H,1-2H3. The van der Waals surface area contributed by atoms with Crippen molar-refractivity contribution in [2.24, 2.45) is 0 Å². The molecule has 1 unspecified atom stereocenters. The molecule has 1 atom stereocenters. The fraction of sp³-hybridized carbons (Fsp3) is 0.200. The SMILES string of the molecule is COc1cc(F)c(C(Cl)c2cc(I)ccc2Br)cc1OC. The summed E-state index contributed by atoms with van der Waals surface area (Å²) in [6, 6.07) is 8.61. The van der Waals surface area contributed by atoms with E-state index in [4.69, 9.17) is 21.1 Å². The van der Waals surface area contributed by atoms with Crippen LogP contribution in [0.3, 0.4) is 0 Å². The largest absolute Gasteiger partial charge is 0.493 e. The van der Waals surface area contributed by atoms with Crippen molar-refractivity contribution >= 4 is 50.1 Å². The number of hydrogen-bond donors (Lipinski definition) is 0. The number of hydrogen-bond acceptors (Lipinski definition) is 2. The van der Waals surface area contributed by atoms with Crippen molar-refractivity contribution in [3.8, 4) is 11.5 Å². The van der Waals surface area contributed by atoms with E-state index in [0.717, 1.165) is 13.6 Å². The van der Waals surface area contributed by atoms with Gasteiger partial charge in [-0.3, -0.25) is 0 Å². The van der Waals surface area contributed by atoms with E-state index in [1.54, 1.807) is 6.07 Å². The molecule has 2 aromatic carbocycles. The highest BCUT2D eigenvalue weighted by Crippen LogP contribution is 2.40. The molecule has 6 heteroatoms. The first-order valence-electron chi connectivity index (χ1n) is 5.98. The number of alkyl halides is 1. The molecule has 0 aliphatic rings. The zero-order valence-corrected chi connectivity index (χ0v) is 15.8. The molecule has 112 valence electrons. The molecule has 0 aromatic heterocycles. The van der Waals surface area contributed by atoms with Crippen molar-refractivity contribution in [2.75, 3.05) is 14.2 Å². The number of halogens is 4. The molecule has 0 N–H and O–H groups in total. The van der Waals surface area contributed by atoms with Gasteiger partial charge >= 0.3 is 0 Å². The maximum absolute atomic E-state index is 14.3. The Morgan fingerprint density at radius 2 is 1.71 bits per heavy atom. The zero-order valence-electron chi connectivity index (χ0n) is 11.3. The molecule has 0 fully saturated rings. The topological polar surface area (TPSA) is 18.5 Å². The molecule has 0 saturated heterocycles. The van der Waals surface area contributed by atoms with Gasteiger partial charge in [0.2, 0.25) is 0 Å². The van der Waals surface area contributed by atoms with Crippen molar-refractivity contribution in [1.82, 2.24) is 0 Å². The van der Waals surface area contributed by atoms with Gasteiger partial charge in [0.25, 0.3) is 0 Å². The number of ether oxygens (including phenoxy) is 2. The van der Waals surface area contributed by atoms with Crippen molar-refractivity contribution < 1.29 is 13.9 Å². The smallest absolute Gasteiger partial charge is 0.163 e. The highest BCUT2D eigenvalue weighted by Gasteiger charge is 2.21. The van der Waals surface area contributed by atoms with Gasteiger partial charge in [-0.1, -0.05) is 15.9 Å². The lowest BCUT2D eigenvalue weighted by atomic mass is 10.0. The predicted octanol–water partition coefficient (Wildman–Crippen LogP) is 5.54. The summed E-state index contributed by atoms with van der Waals surface area (Å²) in [7, 11) is 2.97. The Bertz CT molecular complexity index is 666. The molecule has 0 saturated carbocycles. The quantitative estimate of drug-likeness (QED) is 0.418. The van der Waals surface area contributed by atoms with Gasteiger partial charge in [0.15, 0.2) is 11.5 Å². The fourth-order valence-electron chi connectivity index (χ4n) is 1.94. The summed E-state index contributed by atoms with van der Waals surface area (Å²) in [5.41, 5.74) is 1.15. The van der Waals surface area contributed by atoms with Crippen molar-refractivity contribution in [2.45, 2.75) is 5.38 Å². The van der Waals surface area contributed by atoms with Crippen LogP contribution in [-0.4, -0.2) is 14.2 Å².